The number of oxime groups is 1. The Hall–Kier alpha value is -0.870. The summed E-state index contributed by atoms with van der Waals surface area (Å²) < 4.78 is 14.6. The van der Waals surface area contributed by atoms with Gasteiger partial charge in [0.1, 0.15) is 12.4 Å². The van der Waals surface area contributed by atoms with E-state index in [1.54, 1.807) is 18.3 Å². The van der Waals surface area contributed by atoms with Gasteiger partial charge in [-0.25, -0.2) is 4.39 Å². The number of nitrogens with zero attached hydrogens (tertiary/aromatic N) is 1. The molecule has 1 aromatic rings. The third kappa shape index (κ3) is 3.33. The maximum absolute atomic E-state index is 13.4. The van der Waals surface area contributed by atoms with Crippen LogP contribution in [-0.2, 0) is 11.4 Å². The van der Waals surface area contributed by atoms with Crippen molar-refractivity contribution in [2.24, 2.45) is 5.16 Å². The first-order valence-electron chi connectivity index (χ1n) is 5.64. The monoisotopic (exact) mass is 331 g/mol. The van der Waals surface area contributed by atoms with Crippen molar-refractivity contribution >= 4 is 33.7 Å². The Labute approximate surface area is 119 Å². The predicted octanol–water partition coefficient (Wildman–Crippen LogP) is 4.81. The highest BCUT2D eigenvalue weighted by Crippen LogP contribution is 2.29. The number of hydrogen-bond donors (Lipinski definition) is 0. The van der Waals surface area contributed by atoms with Crippen molar-refractivity contribution in [2.45, 2.75) is 25.9 Å². The fraction of sp³-hybridized carbons (Fsp3) is 0.308. The van der Waals surface area contributed by atoms with Gasteiger partial charge in [0, 0.05) is 5.56 Å². The zero-order valence-electron chi connectivity index (χ0n) is 9.63. The van der Waals surface area contributed by atoms with Crippen LogP contribution in [0.4, 0.5) is 4.39 Å². The van der Waals surface area contributed by atoms with Gasteiger partial charge in [-0.15, -0.1) is 0 Å². The largest absolute Gasteiger partial charge is 0.391 e. The molecule has 0 fully saturated rings. The minimum absolute atomic E-state index is 0.0346. The summed E-state index contributed by atoms with van der Waals surface area (Å²) in [4.78, 5) is 5.08. The first-order chi connectivity index (χ1) is 8.68. The maximum Gasteiger partial charge on any atom is 0.146 e. The molecule has 2 rings (SSSR count). The highest BCUT2D eigenvalue weighted by molar-refractivity contribution is 9.11. The Kier molecular flexibility index (Phi) is 4.78. The van der Waals surface area contributed by atoms with Gasteiger partial charge in [0.25, 0.3) is 0 Å². The molecule has 0 amide bonds. The van der Waals surface area contributed by atoms with E-state index in [4.69, 9.17) is 16.4 Å². The van der Waals surface area contributed by atoms with Crippen LogP contribution < -0.4 is 0 Å². The normalized spacial score (nSPS) is 15.7. The molecule has 5 heteroatoms. The van der Waals surface area contributed by atoms with Crippen molar-refractivity contribution in [3.05, 3.63) is 44.7 Å². The number of allylic oxidation sites excluding steroid dienone is 2. The van der Waals surface area contributed by atoms with Gasteiger partial charge in [-0.05, 0) is 41.5 Å². The van der Waals surface area contributed by atoms with Crippen LogP contribution in [0, 0.1) is 5.82 Å². The van der Waals surface area contributed by atoms with Gasteiger partial charge >= 0.3 is 0 Å². The van der Waals surface area contributed by atoms with E-state index in [9.17, 15) is 4.39 Å². The molecule has 0 bridgehead atoms. The number of halogens is 3. The van der Waals surface area contributed by atoms with E-state index in [1.807, 2.05) is 0 Å². The number of hydrogen-bond acceptors (Lipinski definition) is 2. The Morgan fingerprint density at radius 1 is 1.44 bits per heavy atom. The van der Waals surface area contributed by atoms with E-state index in [-0.39, 0.29) is 12.4 Å². The van der Waals surface area contributed by atoms with Crippen molar-refractivity contribution in [3.8, 4) is 0 Å². The third-order valence-electron chi connectivity index (χ3n) is 2.74. The van der Waals surface area contributed by atoms with Gasteiger partial charge in [0.15, 0.2) is 0 Å². The lowest BCUT2D eigenvalue weighted by molar-refractivity contribution is 0.129. The van der Waals surface area contributed by atoms with E-state index in [1.165, 1.54) is 10.5 Å². The van der Waals surface area contributed by atoms with E-state index >= 15 is 0 Å². The standard InChI is InChI=1S/C13H12BrClFNO/c14-11-4-1-3-9(11)7-17-18-8-10-12(15)5-2-6-13(10)16/h2,5-7H,1,3-4,8H2/b17-7+. The topological polar surface area (TPSA) is 21.6 Å². The fourth-order valence-electron chi connectivity index (χ4n) is 1.74. The van der Waals surface area contributed by atoms with Crippen LogP contribution in [0.1, 0.15) is 24.8 Å². The van der Waals surface area contributed by atoms with E-state index in [2.05, 4.69) is 21.1 Å². The van der Waals surface area contributed by atoms with Crippen LogP contribution in [0.2, 0.25) is 5.02 Å². The zero-order chi connectivity index (χ0) is 13.0. The first kappa shape index (κ1) is 13.6. The van der Waals surface area contributed by atoms with Crippen LogP contribution in [-0.4, -0.2) is 6.21 Å². The van der Waals surface area contributed by atoms with E-state index < -0.39 is 0 Å². The molecule has 18 heavy (non-hydrogen) atoms. The molecule has 1 aromatic carbocycles. The summed E-state index contributed by atoms with van der Waals surface area (Å²) in [6, 6.07) is 4.54. The lowest BCUT2D eigenvalue weighted by atomic mass is 10.2. The molecule has 0 unspecified atom stereocenters. The molecule has 0 spiro atoms. The summed E-state index contributed by atoms with van der Waals surface area (Å²) in [5.74, 6) is -0.376. The molecule has 1 aliphatic rings. The smallest absolute Gasteiger partial charge is 0.146 e. The van der Waals surface area contributed by atoms with Crippen LogP contribution in [0.5, 0.6) is 0 Å². The second-order valence-electron chi connectivity index (χ2n) is 3.99. The first-order valence-corrected chi connectivity index (χ1v) is 6.81. The lowest BCUT2D eigenvalue weighted by Gasteiger charge is -2.03. The molecule has 2 nitrogen and oxygen atoms in total. The van der Waals surface area contributed by atoms with Crippen LogP contribution >= 0.6 is 27.5 Å². The summed E-state index contributed by atoms with van der Waals surface area (Å²) in [5, 5.41) is 4.20. The minimum atomic E-state index is -0.376. The summed E-state index contributed by atoms with van der Waals surface area (Å²) in [7, 11) is 0. The minimum Gasteiger partial charge on any atom is -0.391 e. The summed E-state index contributed by atoms with van der Waals surface area (Å²) >= 11 is 9.35. The molecule has 0 aliphatic heterocycles. The number of rotatable bonds is 4. The van der Waals surface area contributed by atoms with E-state index in [0.29, 0.717) is 10.6 Å². The molecule has 0 radical (unpaired) electrons. The molecule has 0 N–H and O–H groups in total. The van der Waals surface area contributed by atoms with Gasteiger partial charge in [-0.1, -0.05) is 38.8 Å². The van der Waals surface area contributed by atoms with Crippen molar-refractivity contribution < 1.29 is 9.23 Å². The third-order valence-corrected chi connectivity index (χ3v) is 4.00. The van der Waals surface area contributed by atoms with Crippen LogP contribution in [0.25, 0.3) is 0 Å². The molecular weight excluding hydrogens is 321 g/mol. The Bertz CT molecular complexity index is 482. The molecule has 0 saturated heterocycles. The second-order valence-corrected chi connectivity index (χ2v) is 5.36. The molecule has 96 valence electrons. The van der Waals surface area contributed by atoms with Gasteiger partial charge in [-0.3, -0.25) is 0 Å². The molecule has 0 saturated carbocycles. The highest BCUT2D eigenvalue weighted by atomic mass is 79.9. The predicted molar refractivity (Wildman–Crippen MR) is 74.5 cm³/mol. The Morgan fingerprint density at radius 2 is 2.28 bits per heavy atom. The Morgan fingerprint density at radius 3 is 2.94 bits per heavy atom. The summed E-state index contributed by atoms with van der Waals surface area (Å²) in [6.07, 6.45) is 4.83. The average Bonchev–Trinajstić information content (AvgIpc) is 2.73. The highest BCUT2D eigenvalue weighted by Gasteiger charge is 2.10. The maximum atomic E-state index is 13.4. The number of benzene rings is 1. The van der Waals surface area contributed by atoms with Crippen molar-refractivity contribution in [1.29, 1.82) is 0 Å². The van der Waals surface area contributed by atoms with Crippen molar-refractivity contribution in [1.82, 2.24) is 0 Å². The molecular formula is C13H12BrClFNO. The Balaban J connectivity index is 1.93. The van der Waals surface area contributed by atoms with Crippen molar-refractivity contribution in [2.75, 3.05) is 0 Å². The molecule has 0 aromatic heterocycles. The van der Waals surface area contributed by atoms with Gasteiger partial charge in [0.05, 0.1) is 11.2 Å². The fourth-order valence-corrected chi connectivity index (χ4v) is 2.54. The quantitative estimate of drug-likeness (QED) is 0.572. The van der Waals surface area contributed by atoms with E-state index in [0.717, 1.165) is 24.8 Å². The molecule has 1 aliphatic carbocycles. The summed E-state index contributed by atoms with van der Waals surface area (Å²) in [5.41, 5.74) is 1.46. The average molecular weight is 333 g/mol. The molecule has 0 atom stereocenters. The second kappa shape index (κ2) is 6.34. The lowest BCUT2D eigenvalue weighted by Crippen LogP contribution is -1.94. The van der Waals surface area contributed by atoms with Gasteiger partial charge in [-0.2, -0.15) is 0 Å². The van der Waals surface area contributed by atoms with Crippen LogP contribution in [0.3, 0.4) is 0 Å². The molecule has 0 heterocycles. The zero-order valence-corrected chi connectivity index (χ0v) is 12.0. The van der Waals surface area contributed by atoms with Crippen LogP contribution in [0.15, 0.2) is 33.4 Å². The van der Waals surface area contributed by atoms with Gasteiger partial charge in [0.2, 0.25) is 0 Å². The van der Waals surface area contributed by atoms with Crippen molar-refractivity contribution in [3.63, 3.8) is 0 Å². The van der Waals surface area contributed by atoms with Gasteiger partial charge < -0.3 is 4.84 Å². The summed E-state index contributed by atoms with van der Waals surface area (Å²) in [6.45, 7) is 0.0346. The SMILES string of the molecule is Fc1cccc(Cl)c1CO/N=C/C1=C(Br)CCC1.